The molecule has 1 fully saturated rings. The minimum Gasteiger partial charge on any atom is -0.488 e. The molecule has 0 aromatic heterocycles. The summed E-state index contributed by atoms with van der Waals surface area (Å²) < 4.78 is 32.9. The average Bonchev–Trinajstić information content (AvgIpc) is 2.62. The van der Waals surface area contributed by atoms with Gasteiger partial charge in [-0.25, -0.2) is 8.42 Å². The zero-order valence-electron chi connectivity index (χ0n) is 14.6. The van der Waals surface area contributed by atoms with Crippen molar-refractivity contribution in [3.63, 3.8) is 0 Å². The molecule has 2 heterocycles. The third kappa shape index (κ3) is 4.42. The van der Waals surface area contributed by atoms with Gasteiger partial charge in [0.15, 0.2) is 10.8 Å². The van der Waals surface area contributed by atoms with Crippen LogP contribution < -0.4 is 4.74 Å². The fraction of sp³-hybridized carbons (Fsp3) is 0.500. The molecule has 0 spiro atoms. The summed E-state index contributed by atoms with van der Waals surface area (Å²) in [7, 11) is -3.55. The predicted molar refractivity (Wildman–Crippen MR) is 106 cm³/mol. The maximum Gasteiger partial charge on any atom is 0.260 e. The lowest BCUT2D eigenvalue weighted by Gasteiger charge is -2.30. The number of hydrogen-bond acceptors (Lipinski definition) is 4. The number of piperidine rings is 1. The Morgan fingerprint density at radius 3 is 2.54 bits per heavy atom. The van der Waals surface area contributed by atoms with Gasteiger partial charge in [0.2, 0.25) is 0 Å². The smallest absolute Gasteiger partial charge is 0.260 e. The third-order valence-corrected chi connectivity index (χ3v) is 7.07. The first-order valence-corrected chi connectivity index (χ1v) is 10.9. The van der Waals surface area contributed by atoms with Crippen LogP contribution in [0.15, 0.2) is 35.3 Å². The number of ether oxygens (including phenoxy) is 1. The zero-order valence-corrected chi connectivity index (χ0v) is 16.9. The summed E-state index contributed by atoms with van der Waals surface area (Å²) in [4.78, 5) is 4.41. The maximum absolute atomic E-state index is 12.8. The van der Waals surface area contributed by atoms with Crippen molar-refractivity contribution >= 4 is 38.3 Å². The lowest BCUT2D eigenvalue weighted by Crippen LogP contribution is -2.42. The highest BCUT2D eigenvalue weighted by Gasteiger charge is 2.31. The average molecular weight is 417 g/mol. The number of hydrogen-bond donors (Lipinski definition) is 0. The number of para-hydroxylation sites is 1. The minimum atomic E-state index is -3.55. The maximum atomic E-state index is 12.8. The number of nitrogens with zero attached hydrogens (tertiary/aromatic N) is 2. The Kier molecular flexibility index (Phi) is 6.28. The van der Waals surface area contributed by atoms with E-state index in [1.54, 1.807) is 24.3 Å². The monoisotopic (exact) mass is 416 g/mol. The molecule has 0 radical (unpaired) electrons. The molecule has 26 heavy (non-hydrogen) atoms. The Labute approximate surface area is 164 Å². The molecule has 0 amide bonds. The van der Waals surface area contributed by atoms with E-state index >= 15 is 0 Å². The number of aliphatic imine (C=N–C) groups is 1. The summed E-state index contributed by atoms with van der Waals surface area (Å²) in [5.41, 5.74) is 0. The fourth-order valence-corrected chi connectivity index (χ4v) is 5.03. The Morgan fingerprint density at radius 1 is 1.23 bits per heavy atom. The molecule has 0 N–H and O–H groups in total. The van der Waals surface area contributed by atoms with Crippen LogP contribution in [0, 0.1) is 5.92 Å². The van der Waals surface area contributed by atoms with Crippen LogP contribution in [0.1, 0.15) is 26.2 Å². The summed E-state index contributed by atoms with van der Waals surface area (Å²) in [5.74, 6) is 0.960. The molecule has 1 unspecified atom stereocenters. The number of halogens is 2. The second kappa shape index (κ2) is 8.30. The predicted octanol–water partition coefficient (Wildman–Crippen LogP) is 4.16. The van der Waals surface area contributed by atoms with Gasteiger partial charge in [0, 0.05) is 13.1 Å². The SMILES string of the molecule is CC1CCN(S(=O)(=O)C2=NC(COc3c(Cl)cccc3Cl)CC=C2)CC1. The van der Waals surface area contributed by atoms with Gasteiger partial charge < -0.3 is 4.74 Å². The second-order valence-corrected chi connectivity index (χ2v) is 9.41. The number of dihydropyridines is 1. The number of rotatable bonds is 4. The van der Waals surface area contributed by atoms with E-state index in [1.807, 2.05) is 6.08 Å². The lowest BCUT2D eigenvalue weighted by molar-refractivity contribution is 0.288. The van der Waals surface area contributed by atoms with Crippen LogP contribution in [0.3, 0.4) is 0 Å². The van der Waals surface area contributed by atoms with Gasteiger partial charge in [0.1, 0.15) is 6.61 Å². The molecular formula is C18H22Cl2N2O3S. The van der Waals surface area contributed by atoms with Gasteiger partial charge in [0.05, 0.1) is 16.1 Å². The molecule has 2 aliphatic heterocycles. The third-order valence-electron chi connectivity index (χ3n) is 4.66. The van der Waals surface area contributed by atoms with Gasteiger partial charge in [-0.05, 0) is 43.4 Å². The zero-order chi connectivity index (χ0) is 18.7. The van der Waals surface area contributed by atoms with Crippen LogP contribution >= 0.6 is 23.2 Å². The quantitative estimate of drug-likeness (QED) is 0.739. The van der Waals surface area contributed by atoms with Crippen LogP contribution in [0.4, 0.5) is 0 Å². The van der Waals surface area contributed by atoms with Crippen molar-refractivity contribution in [3.8, 4) is 5.75 Å². The van der Waals surface area contributed by atoms with Gasteiger partial charge in [-0.2, -0.15) is 4.31 Å². The first kappa shape index (κ1) is 19.7. The number of sulfonamides is 1. The summed E-state index contributed by atoms with van der Waals surface area (Å²) in [6.45, 7) is 3.46. The summed E-state index contributed by atoms with van der Waals surface area (Å²) in [6, 6.07) is 4.84. The topological polar surface area (TPSA) is 59.0 Å². The molecule has 0 aliphatic carbocycles. The van der Waals surface area contributed by atoms with Crippen molar-refractivity contribution in [3.05, 3.63) is 40.4 Å². The lowest BCUT2D eigenvalue weighted by atomic mass is 10.0. The number of benzene rings is 1. The van der Waals surface area contributed by atoms with Gasteiger partial charge >= 0.3 is 0 Å². The highest BCUT2D eigenvalue weighted by atomic mass is 35.5. The molecule has 2 aliphatic rings. The van der Waals surface area contributed by atoms with Crippen molar-refractivity contribution in [2.45, 2.75) is 32.2 Å². The normalized spacial score (nSPS) is 22.3. The summed E-state index contributed by atoms with van der Waals surface area (Å²) in [5, 5.41) is 0.948. The Balaban J connectivity index is 1.69. The molecule has 8 heteroatoms. The van der Waals surface area contributed by atoms with E-state index in [1.165, 1.54) is 4.31 Å². The van der Waals surface area contributed by atoms with Crippen LogP contribution in [0.2, 0.25) is 10.0 Å². The van der Waals surface area contributed by atoms with E-state index in [4.69, 9.17) is 27.9 Å². The van der Waals surface area contributed by atoms with Crippen molar-refractivity contribution in [2.24, 2.45) is 10.9 Å². The fourth-order valence-electron chi connectivity index (χ4n) is 3.02. The first-order chi connectivity index (χ1) is 12.4. The van der Waals surface area contributed by atoms with E-state index in [0.717, 1.165) is 12.8 Å². The van der Waals surface area contributed by atoms with E-state index in [0.29, 0.717) is 41.2 Å². The second-order valence-electron chi connectivity index (χ2n) is 6.71. The van der Waals surface area contributed by atoms with Crippen LogP contribution in [-0.4, -0.2) is 43.5 Å². The molecular weight excluding hydrogens is 395 g/mol. The molecule has 0 bridgehead atoms. The van der Waals surface area contributed by atoms with Crippen molar-refractivity contribution < 1.29 is 13.2 Å². The van der Waals surface area contributed by atoms with Crippen molar-refractivity contribution in [1.29, 1.82) is 0 Å². The van der Waals surface area contributed by atoms with E-state index < -0.39 is 10.0 Å². The minimum absolute atomic E-state index is 0.108. The first-order valence-electron chi connectivity index (χ1n) is 8.69. The van der Waals surface area contributed by atoms with E-state index in [-0.39, 0.29) is 17.7 Å². The Bertz CT molecular complexity index is 795. The molecule has 1 atom stereocenters. The largest absolute Gasteiger partial charge is 0.488 e. The molecule has 1 aromatic rings. The Hall–Kier alpha value is -1.08. The summed E-state index contributed by atoms with van der Waals surface area (Å²) in [6.07, 6.45) is 5.79. The van der Waals surface area contributed by atoms with Crippen LogP contribution in [-0.2, 0) is 10.0 Å². The molecule has 5 nitrogen and oxygen atoms in total. The standard InChI is InChI=1S/C18H22Cl2N2O3S/c1-13-8-10-22(11-9-13)26(23,24)17-7-2-4-14(21-17)12-25-18-15(19)5-3-6-16(18)20/h2-3,5-7,13-14H,4,8-12H2,1H3. The van der Waals surface area contributed by atoms with Gasteiger partial charge in [-0.15, -0.1) is 0 Å². The van der Waals surface area contributed by atoms with Gasteiger partial charge in [0.25, 0.3) is 10.0 Å². The summed E-state index contributed by atoms with van der Waals surface area (Å²) >= 11 is 12.2. The van der Waals surface area contributed by atoms with E-state index in [9.17, 15) is 8.42 Å². The van der Waals surface area contributed by atoms with Crippen LogP contribution in [0.25, 0.3) is 0 Å². The highest BCUT2D eigenvalue weighted by Crippen LogP contribution is 2.32. The molecule has 1 saturated heterocycles. The molecule has 1 aromatic carbocycles. The van der Waals surface area contributed by atoms with Gasteiger partial charge in [-0.1, -0.05) is 42.3 Å². The molecule has 0 saturated carbocycles. The van der Waals surface area contributed by atoms with Crippen molar-refractivity contribution in [1.82, 2.24) is 4.31 Å². The van der Waals surface area contributed by atoms with Crippen molar-refractivity contribution in [2.75, 3.05) is 19.7 Å². The molecule has 3 rings (SSSR count). The Morgan fingerprint density at radius 2 is 1.88 bits per heavy atom. The molecule has 142 valence electrons. The van der Waals surface area contributed by atoms with Gasteiger partial charge in [-0.3, -0.25) is 4.99 Å². The van der Waals surface area contributed by atoms with Crippen LogP contribution in [0.5, 0.6) is 5.75 Å². The van der Waals surface area contributed by atoms with E-state index in [2.05, 4.69) is 11.9 Å². The highest BCUT2D eigenvalue weighted by molar-refractivity contribution is 8.04.